The molecule has 0 aliphatic carbocycles. The molecule has 0 atom stereocenters. The van der Waals surface area contributed by atoms with Gasteiger partial charge in [-0.3, -0.25) is 10.1 Å². The van der Waals surface area contributed by atoms with Crippen LogP contribution in [0.15, 0.2) is 35.0 Å². The van der Waals surface area contributed by atoms with E-state index in [1.807, 2.05) is 17.7 Å². The van der Waals surface area contributed by atoms with Crippen molar-refractivity contribution < 1.29 is 4.92 Å². The summed E-state index contributed by atoms with van der Waals surface area (Å²) in [7, 11) is 0. The SMILES string of the molecule is Cc1csc(Cc2nc(-c3ccc([N+](=O)[O-])cc3)cs2)n1. The third kappa shape index (κ3) is 3.14. The van der Waals surface area contributed by atoms with Gasteiger partial charge in [0.25, 0.3) is 5.69 Å². The molecule has 1 aromatic carbocycles. The Morgan fingerprint density at radius 1 is 1.10 bits per heavy atom. The summed E-state index contributed by atoms with van der Waals surface area (Å²) in [6.07, 6.45) is 0.732. The second-order valence-corrected chi connectivity index (χ2v) is 6.38. The first-order chi connectivity index (χ1) is 10.1. The normalized spacial score (nSPS) is 10.7. The molecule has 0 aliphatic rings. The third-order valence-electron chi connectivity index (χ3n) is 2.89. The molecule has 0 unspecified atom stereocenters. The first-order valence-corrected chi connectivity index (χ1v) is 7.98. The van der Waals surface area contributed by atoms with Crippen molar-refractivity contribution in [2.75, 3.05) is 0 Å². The fraction of sp³-hybridized carbons (Fsp3) is 0.143. The summed E-state index contributed by atoms with van der Waals surface area (Å²) in [5, 5.41) is 16.7. The van der Waals surface area contributed by atoms with Gasteiger partial charge >= 0.3 is 0 Å². The van der Waals surface area contributed by atoms with Crippen LogP contribution in [0.25, 0.3) is 11.3 Å². The maximum atomic E-state index is 10.6. The van der Waals surface area contributed by atoms with Crippen LogP contribution in [0.4, 0.5) is 5.69 Å². The maximum Gasteiger partial charge on any atom is 0.269 e. The molecule has 5 nitrogen and oxygen atoms in total. The number of nitrogens with zero attached hydrogens (tertiary/aromatic N) is 3. The number of aryl methyl sites for hydroxylation is 1. The number of nitro groups is 1. The number of benzene rings is 1. The molecule has 0 N–H and O–H groups in total. The summed E-state index contributed by atoms with van der Waals surface area (Å²) in [6.45, 7) is 1.98. The molecule has 3 rings (SSSR count). The Kier molecular flexibility index (Phi) is 3.76. The van der Waals surface area contributed by atoms with Gasteiger partial charge < -0.3 is 0 Å². The molecule has 0 saturated heterocycles. The summed E-state index contributed by atoms with van der Waals surface area (Å²) in [4.78, 5) is 19.2. The minimum atomic E-state index is -0.402. The lowest BCUT2D eigenvalue weighted by atomic mass is 10.1. The summed E-state index contributed by atoms with van der Waals surface area (Å²) in [5.74, 6) is 0. The van der Waals surface area contributed by atoms with Crippen molar-refractivity contribution in [1.29, 1.82) is 0 Å². The lowest BCUT2D eigenvalue weighted by Crippen LogP contribution is -1.88. The molecule has 2 heterocycles. The molecule has 3 aromatic rings. The van der Waals surface area contributed by atoms with Crippen molar-refractivity contribution in [3.63, 3.8) is 0 Å². The molecule has 0 amide bonds. The van der Waals surface area contributed by atoms with Gasteiger partial charge in [-0.2, -0.15) is 0 Å². The van der Waals surface area contributed by atoms with Crippen molar-refractivity contribution in [3.05, 3.63) is 60.8 Å². The highest BCUT2D eigenvalue weighted by molar-refractivity contribution is 7.11. The van der Waals surface area contributed by atoms with Gasteiger partial charge in [-0.05, 0) is 19.1 Å². The first-order valence-electron chi connectivity index (χ1n) is 6.22. The molecule has 2 aromatic heterocycles. The Morgan fingerprint density at radius 3 is 2.38 bits per heavy atom. The van der Waals surface area contributed by atoms with Crippen LogP contribution in [0, 0.1) is 17.0 Å². The van der Waals surface area contributed by atoms with Gasteiger partial charge in [-0.1, -0.05) is 0 Å². The zero-order chi connectivity index (χ0) is 14.8. The molecule has 21 heavy (non-hydrogen) atoms. The quantitative estimate of drug-likeness (QED) is 0.537. The van der Waals surface area contributed by atoms with Crippen molar-refractivity contribution in [1.82, 2.24) is 9.97 Å². The fourth-order valence-electron chi connectivity index (χ4n) is 1.89. The van der Waals surface area contributed by atoms with Crippen LogP contribution in [0.2, 0.25) is 0 Å². The molecule has 0 bridgehead atoms. The van der Waals surface area contributed by atoms with E-state index >= 15 is 0 Å². The van der Waals surface area contributed by atoms with Gasteiger partial charge in [-0.15, -0.1) is 22.7 Å². The summed E-state index contributed by atoms with van der Waals surface area (Å²) in [5.41, 5.74) is 2.85. The highest BCUT2D eigenvalue weighted by Crippen LogP contribution is 2.25. The van der Waals surface area contributed by atoms with Gasteiger partial charge in [0, 0.05) is 34.2 Å². The predicted molar refractivity (Wildman–Crippen MR) is 83.9 cm³/mol. The Balaban J connectivity index is 1.79. The fourth-order valence-corrected chi connectivity index (χ4v) is 3.57. The smallest absolute Gasteiger partial charge is 0.258 e. The zero-order valence-corrected chi connectivity index (χ0v) is 12.8. The molecule has 7 heteroatoms. The van der Waals surface area contributed by atoms with Crippen LogP contribution < -0.4 is 0 Å². The number of aromatic nitrogens is 2. The van der Waals surface area contributed by atoms with Crippen molar-refractivity contribution in [2.24, 2.45) is 0 Å². The number of hydrogen-bond donors (Lipinski definition) is 0. The molecule has 0 fully saturated rings. The van der Waals surface area contributed by atoms with Crippen LogP contribution in [-0.4, -0.2) is 14.9 Å². The molecule has 0 saturated carbocycles. The van der Waals surface area contributed by atoms with Gasteiger partial charge in [0.1, 0.15) is 5.01 Å². The van der Waals surface area contributed by atoms with E-state index in [0.717, 1.165) is 33.4 Å². The highest BCUT2D eigenvalue weighted by Gasteiger charge is 2.09. The second-order valence-electron chi connectivity index (χ2n) is 4.49. The zero-order valence-electron chi connectivity index (χ0n) is 11.1. The van der Waals surface area contributed by atoms with Gasteiger partial charge in [0.05, 0.1) is 22.0 Å². The molecule has 0 aliphatic heterocycles. The van der Waals surface area contributed by atoms with Crippen LogP contribution in [-0.2, 0) is 6.42 Å². The topological polar surface area (TPSA) is 68.9 Å². The third-order valence-corrected chi connectivity index (χ3v) is 4.71. The average Bonchev–Trinajstić information content (AvgIpc) is 3.09. The van der Waals surface area contributed by atoms with E-state index in [9.17, 15) is 10.1 Å². The maximum absolute atomic E-state index is 10.6. The summed E-state index contributed by atoms with van der Waals surface area (Å²) in [6, 6.07) is 6.45. The number of nitro benzene ring substituents is 1. The Hall–Kier alpha value is -2.12. The minimum absolute atomic E-state index is 0.0902. The van der Waals surface area contributed by atoms with E-state index in [-0.39, 0.29) is 5.69 Å². The van der Waals surface area contributed by atoms with Crippen LogP contribution in [0.3, 0.4) is 0 Å². The standard InChI is InChI=1S/C14H11N3O2S2/c1-9-7-20-13(15-9)6-14-16-12(8-21-14)10-2-4-11(5-3-10)17(18)19/h2-5,7-8H,6H2,1H3. The van der Waals surface area contributed by atoms with E-state index in [1.165, 1.54) is 12.1 Å². The van der Waals surface area contributed by atoms with E-state index in [2.05, 4.69) is 9.97 Å². The lowest BCUT2D eigenvalue weighted by Gasteiger charge is -1.96. The first kappa shape index (κ1) is 13.8. The lowest BCUT2D eigenvalue weighted by molar-refractivity contribution is -0.384. The molecular formula is C14H11N3O2S2. The molecule has 0 radical (unpaired) electrons. The Labute approximate surface area is 129 Å². The second kappa shape index (κ2) is 5.71. The van der Waals surface area contributed by atoms with Crippen molar-refractivity contribution >= 4 is 28.4 Å². The number of rotatable bonds is 4. The monoisotopic (exact) mass is 317 g/mol. The highest BCUT2D eigenvalue weighted by atomic mass is 32.1. The van der Waals surface area contributed by atoms with Crippen LogP contribution >= 0.6 is 22.7 Å². The van der Waals surface area contributed by atoms with E-state index < -0.39 is 4.92 Å². The van der Waals surface area contributed by atoms with Gasteiger partial charge in [0.2, 0.25) is 0 Å². The van der Waals surface area contributed by atoms with E-state index in [0.29, 0.717) is 0 Å². The van der Waals surface area contributed by atoms with Crippen LogP contribution in [0.5, 0.6) is 0 Å². The van der Waals surface area contributed by atoms with Gasteiger partial charge in [-0.25, -0.2) is 9.97 Å². The largest absolute Gasteiger partial charge is 0.269 e. The van der Waals surface area contributed by atoms with E-state index in [1.54, 1.807) is 34.8 Å². The average molecular weight is 317 g/mol. The van der Waals surface area contributed by atoms with E-state index in [4.69, 9.17) is 0 Å². The molecular weight excluding hydrogens is 306 g/mol. The summed E-state index contributed by atoms with van der Waals surface area (Å²) >= 11 is 3.22. The molecule has 0 spiro atoms. The Bertz CT molecular complexity index is 778. The van der Waals surface area contributed by atoms with Crippen LogP contribution in [0.1, 0.15) is 15.7 Å². The predicted octanol–water partition coefficient (Wildman–Crippen LogP) is 4.07. The summed E-state index contributed by atoms with van der Waals surface area (Å²) < 4.78 is 0. The Morgan fingerprint density at radius 2 is 1.76 bits per heavy atom. The molecule has 106 valence electrons. The number of thiazole rings is 2. The van der Waals surface area contributed by atoms with Crippen molar-refractivity contribution in [3.8, 4) is 11.3 Å². The minimum Gasteiger partial charge on any atom is -0.258 e. The van der Waals surface area contributed by atoms with Crippen molar-refractivity contribution in [2.45, 2.75) is 13.3 Å². The van der Waals surface area contributed by atoms with Gasteiger partial charge in [0.15, 0.2) is 0 Å². The number of hydrogen-bond acceptors (Lipinski definition) is 6. The number of non-ortho nitro benzene ring substituents is 1.